The Morgan fingerprint density at radius 3 is 2.50 bits per heavy atom. The Kier molecular flexibility index (Phi) is 3.84. The summed E-state index contributed by atoms with van der Waals surface area (Å²) in [6.07, 6.45) is -4.19. The molecule has 1 saturated heterocycles. The van der Waals surface area contributed by atoms with E-state index in [0.717, 1.165) is 6.92 Å². The van der Waals surface area contributed by atoms with Gasteiger partial charge in [-0.1, -0.05) is 0 Å². The second-order valence-electron chi connectivity index (χ2n) is 3.72. The van der Waals surface area contributed by atoms with Crippen molar-refractivity contribution in [1.29, 1.82) is 0 Å². The fourth-order valence-electron chi connectivity index (χ4n) is 1.55. The molecule has 7 N–H and O–H groups in total. The molecule has 0 spiro atoms. The molecule has 0 radical (unpaired) electrons. The summed E-state index contributed by atoms with van der Waals surface area (Å²) in [6.45, 7) is 0.492. The number of hydrogen-bond acceptors (Lipinski definition) is 7. The zero-order valence-corrected chi connectivity index (χ0v) is 8.70. The average molecular weight is 236 g/mol. The lowest BCUT2D eigenvalue weighted by Gasteiger charge is -2.45. The van der Waals surface area contributed by atoms with E-state index >= 15 is 0 Å². The lowest BCUT2D eigenvalue weighted by Crippen LogP contribution is -2.73. The smallest absolute Gasteiger partial charge is 0.268 e. The molecule has 1 fully saturated rings. The first-order chi connectivity index (χ1) is 7.31. The fraction of sp³-hybridized carbons (Fsp3) is 0.875. The Bertz CT molecular complexity index is 273. The van der Waals surface area contributed by atoms with Crippen molar-refractivity contribution in [3.05, 3.63) is 0 Å². The second-order valence-corrected chi connectivity index (χ2v) is 3.72. The zero-order chi connectivity index (χ0) is 12.5. The molecule has 94 valence electrons. The molecule has 1 amide bonds. The third-order valence-electron chi connectivity index (χ3n) is 2.42. The number of rotatable bonds is 2. The van der Waals surface area contributed by atoms with Crippen LogP contribution in [0, 0.1) is 0 Å². The molecule has 1 heterocycles. The molecule has 0 saturated carbocycles. The fourth-order valence-corrected chi connectivity index (χ4v) is 1.55. The minimum atomic E-state index is -2.31. The van der Waals surface area contributed by atoms with Crippen LogP contribution < -0.4 is 11.1 Å². The van der Waals surface area contributed by atoms with Crippen LogP contribution in [0.25, 0.3) is 0 Å². The van der Waals surface area contributed by atoms with E-state index in [-0.39, 0.29) is 0 Å². The molecule has 0 aromatic heterocycles. The first-order valence-electron chi connectivity index (χ1n) is 4.73. The Morgan fingerprint density at radius 2 is 2.06 bits per heavy atom. The number of nitrogens with two attached hydrogens (primary N) is 1. The number of ether oxygens (including phenoxy) is 1. The quantitative estimate of drug-likeness (QED) is 0.270. The summed E-state index contributed by atoms with van der Waals surface area (Å²) >= 11 is 0. The Balaban J connectivity index is 2.89. The molecule has 1 aliphatic heterocycles. The predicted molar refractivity (Wildman–Crippen MR) is 50.7 cm³/mol. The summed E-state index contributed by atoms with van der Waals surface area (Å²) in [5.41, 5.74) is 5.43. The van der Waals surface area contributed by atoms with Gasteiger partial charge >= 0.3 is 0 Å². The molecule has 8 heteroatoms. The van der Waals surface area contributed by atoms with Crippen molar-refractivity contribution >= 4 is 5.91 Å². The average Bonchev–Trinajstić information content (AvgIpc) is 2.20. The van der Waals surface area contributed by atoms with Gasteiger partial charge in [-0.3, -0.25) is 4.79 Å². The number of aliphatic hydroxyl groups is 4. The van der Waals surface area contributed by atoms with Crippen molar-refractivity contribution in [2.75, 3.05) is 6.61 Å². The molecule has 0 aliphatic carbocycles. The highest BCUT2D eigenvalue weighted by Crippen LogP contribution is 2.24. The third kappa shape index (κ3) is 2.32. The normalized spacial score (nSPS) is 44.1. The van der Waals surface area contributed by atoms with Gasteiger partial charge in [0, 0.05) is 6.92 Å². The van der Waals surface area contributed by atoms with Gasteiger partial charge in [-0.2, -0.15) is 0 Å². The van der Waals surface area contributed by atoms with E-state index in [4.69, 9.17) is 15.6 Å². The number of carbonyl (C=O) groups is 1. The predicted octanol–water partition coefficient (Wildman–Crippen LogP) is -3.79. The van der Waals surface area contributed by atoms with E-state index in [1.165, 1.54) is 0 Å². The number of hydrogen-bond donors (Lipinski definition) is 6. The van der Waals surface area contributed by atoms with Gasteiger partial charge in [-0.15, -0.1) is 0 Å². The van der Waals surface area contributed by atoms with Crippen molar-refractivity contribution in [3.63, 3.8) is 0 Å². The SMILES string of the molecule is CC(=O)NC1(O)O[C@H](CO)[C@@H](O)[C@H](O)[C@H]1N. The highest BCUT2D eigenvalue weighted by Gasteiger charge is 2.52. The van der Waals surface area contributed by atoms with E-state index in [2.05, 4.69) is 0 Å². The van der Waals surface area contributed by atoms with Gasteiger partial charge in [-0.05, 0) is 0 Å². The van der Waals surface area contributed by atoms with E-state index in [1.807, 2.05) is 5.32 Å². The van der Waals surface area contributed by atoms with Crippen molar-refractivity contribution < 1.29 is 30.0 Å². The van der Waals surface area contributed by atoms with Crippen LogP contribution in [-0.4, -0.2) is 63.2 Å². The largest absolute Gasteiger partial charge is 0.394 e. The van der Waals surface area contributed by atoms with Crippen LogP contribution in [0.3, 0.4) is 0 Å². The molecule has 1 rings (SSSR count). The van der Waals surface area contributed by atoms with Gasteiger partial charge in [0.05, 0.1) is 6.61 Å². The van der Waals surface area contributed by atoms with E-state index in [1.54, 1.807) is 0 Å². The van der Waals surface area contributed by atoms with Crippen LogP contribution in [-0.2, 0) is 9.53 Å². The van der Waals surface area contributed by atoms with E-state index in [9.17, 15) is 20.1 Å². The summed E-state index contributed by atoms with van der Waals surface area (Å²) < 4.78 is 4.87. The standard InChI is InChI=1S/C8H16N2O6/c1-3(12)10-8(15)7(9)6(14)5(13)4(2-11)16-8/h4-7,11,13-15H,2,9H2,1H3,(H,10,12)/t4-,5-,6+,7-,8?/m1/s1. The minimum Gasteiger partial charge on any atom is -0.394 e. The Hall–Kier alpha value is -0.770. The minimum absolute atomic E-state index is 0.627. The first kappa shape index (κ1) is 13.3. The van der Waals surface area contributed by atoms with Crippen LogP contribution in [0.5, 0.6) is 0 Å². The number of amides is 1. The summed E-state index contributed by atoms with van der Waals surface area (Å²) in [4.78, 5) is 10.8. The molecular formula is C8H16N2O6. The topological polar surface area (TPSA) is 145 Å². The molecule has 0 aromatic carbocycles. The van der Waals surface area contributed by atoms with Crippen LogP contribution in [0.2, 0.25) is 0 Å². The van der Waals surface area contributed by atoms with Gasteiger partial charge in [0.1, 0.15) is 24.4 Å². The number of carbonyl (C=O) groups excluding carboxylic acids is 1. The van der Waals surface area contributed by atoms with Crippen LogP contribution in [0.4, 0.5) is 0 Å². The first-order valence-corrected chi connectivity index (χ1v) is 4.73. The molecule has 16 heavy (non-hydrogen) atoms. The summed E-state index contributed by atoms with van der Waals surface area (Å²) in [5.74, 6) is -2.93. The lowest BCUT2D eigenvalue weighted by molar-refractivity contribution is -0.324. The Morgan fingerprint density at radius 1 is 1.50 bits per heavy atom. The van der Waals surface area contributed by atoms with Gasteiger partial charge < -0.3 is 36.2 Å². The van der Waals surface area contributed by atoms with Gasteiger partial charge in [-0.25, -0.2) is 0 Å². The highest BCUT2D eigenvalue weighted by molar-refractivity contribution is 5.73. The Labute approximate surface area is 91.6 Å². The van der Waals surface area contributed by atoms with Crippen molar-refractivity contribution in [2.24, 2.45) is 5.73 Å². The van der Waals surface area contributed by atoms with Crippen molar-refractivity contribution in [3.8, 4) is 0 Å². The van der Waals surface area contributed by atoms with Crippen LogP contribution >= 0.6 is 0 Å². The summed E-state index contributed by atoms with van der Waals surface area (Å²) in [6, 6.07) is -1.42. The van der Waals surface area contributed by atoms with Crippen LogP contribution in [0.1, 0.15) is 6.92 Å². The molecule has 1 aliphatic rings. The maximum absolute atomic E-state index is 10.8. The molecule has 1 unspecified atom stereocenters. The van der Waals surface area contributed by atoms with Gasteiger partial charge in [0.15, 0.2) is 0 Å². The van der Waals surface area contributed by atoms with Gasteiger partial charge in [0.2, 0.25) is 5.91 Å². The molecule has 8 nitrogen and oxygen atoms in total. The highest BCUT2D eigenvalue weighted by atomic mass is 16.7. The maximum Gasteiger partial charge on any atom is 0.268 e. The lowest BCUT2D eigenvalue weighted by atomic mass is 9.95. The van der Waals surface area contributed by atoms with E-state index < -0.39 is 42.8 Å². The maximum atomic E-state index is 10.8. The molecule has 0 bridgehead atoms. The monoisotopic (exact) mass is 236 g/mol. The van der Waals surface area contributed by atoms with E-state index in [0.29, 0.717) is 0 Å². The van der Waals surface area contributed by atoms with Crippen molar-refractivity contribution in [2.45, 2.75) is 37.2 Å². The van der Waals surface area contributed by atoms with Crippen molar-refractivity contribution in [1.82, 2.24) is 5.32 Å². The summed E-state index contributed by atoms with van der Waals surface area (Å²) in [7, 11) is 0. The second kappa shape index (κ2) is 4.62. The molecule has 0 aromatic rings. The molecule has 5 atom stereocenters. The zero-order valence-electron chi connectivity index (χ0n) is 8.70. The van der Waals surface area contributed by atoms with Crippen LogP contribution in [0.15, 0.2) is 0 Å². The molecular weight excluding hydrogens is 220 g/mol. The number of nitrogens with one attached hydrogen (secondary N) is 1. The number of aliphatic hydroxyl groups excluding tert-OH is 3. The summed E-state index contributed by atoms with van der Waals surface area (Å²) in [5, 5.41) is 39.7. The third-order valence-corrected chi connectivity index (χ3v) is 2.42. The van der Waals surface area contributed by atoms with Gasteiger partial charge in [0.25, 0.3) is 5.91 Å².